The molecule has 0 bridgehead atoms. The van der Waals surface area contributed by atoms with Gasteiger partial charge in [0.2, 0.25) is 5.13 Å². The third kappa shape index (κ3) is 3.99. The highest BCUT2D eigenvalue weighted by Gasteiger charge is 2.04. The van der Waals surface area contributed by atoms with E-state index in [-0.39, 0.29) is 0 Å². The van der Waals surface area contributed by atoms with Crippen LogP contribution in [0.1, 0.15) is 11.1 Å². The number of benzene rings is 2. The van der Waals surface area contributed by atoms with Gasteiger partial charge >= 0.3 is 0 Å². The fourth-order valence-corrected chi connectivity index (χ4v) is 4.00. The highest BCUT2D eigenvalue weighted by atomic mass is 32.1. The maximum atomic E-state index is 4.60. The Hall–Kier alpha value is -3.77. The highest BCUT2D eigenvalue weighted by Crippen LogP contribution is 2.24. The highest BCUT2D eigenvalue weighted by molar-refractivity contribution is 7.14. The van der Waals surface area contributed by atoms with Crippen molar-refractivity contribution in [2.24, 2.45) is 5.10 Å². The summed E-state index contributed by atoms with van der Waals surface area (Å²) in [5.74, 6) is 0. The number of aromatic nitrogens is 3. The Balaban J connectivity index is 1.31. The van der Waals surface area contributed by atoms with Gasteiger partial charge in [-0.3, -0.25) is 10.4 Å². The van der Waals surface area contributed by atoms with Gasteiger partial charge in [0.1, 0.15) is 0 Å². The number of thiazole rings is 1. The van der Waals surface area contributed by atoms with Crippen molar-refractivity contribution in [3.05, 3.63) is 102 Å². The lowest BCUT2D eigenvalue weighted by atomic mass is 10.2. The van der Waals surface area contributed by atoms with Gasteiger partial charge < -0.3 is 4.57 Å². The summed E-state index contributed by atoms with van der Waals surface area (Å²) >= 11 is 1.54. The first-order valence-electron chi connectivity index (χ1n) is 9.63. The molecule has 6 heteroatoms. The van der Waals surface area contributed by atoms with E-state index < -0.39 is 0 Å². The van der Waals surface area contributed by atoms with Crippen LogP contribution in [0.5, 0.6) is 0 Å². The number of hydrazone groups is 1. The molecular weight excluding hydrogens is 390 g/mol. The van der Waals surface area contributed by atoms with Gasteiger partial charge in [0, 0.05) is 41.6 Å². The van der Waals surface area contributed by atoms with Crippen molar-refractivity contribution < 1.29 is 0 Å². The minimum Gasteiger partial charge on any atom is -0.343 e. The van der Waals surface area contributed by atoms with Crippen molar-refractivity contribution in [3.8, 4) is 11.3 Å². The van der Waals surface area contributed by atoms with E-state index >= 15 is 0 Å². The maximum Gasteiger partial charge on any atom is 0.203 e. The standard InChI is InChI=1S/C24H19N5S/c1-2-6-20(7-3-1)22-17-30-24(27-22)28-26-15-18-8-9-21-10-12-29(23(21)13-18)16-19-5-4-11-25-14-19/h1-15,17H,16H2,(H,27,28). The fourth-order valence-electron chi connectivity index (χ4n) is 3.34. The SMILES string of the molecule is C(=NNc1nc(-c2ccccc2)cs1)c1ccc2ccn(Cc3cccnc3)c2c1. The number of rotatable bonds is 6. The van der Waals surface area contributed by atoms with Crippen LogP contribution in [0.15, 0.2) is 95.8 Å². The first kappa shape index (κ1) is 18.3. The molecule has 0 aliphatic heterocycles. The number of pyridine rings is 1. The van der Waals surface area contributed by atoms with Crippen molar-refractivity contribution in [1.82, 2.24) is 14.5 Å². The smallest absolute Gasteiger partial charge is 0.203 e. The quantitative estimate of drug-likeness (QED) is 0.291. The molecule has 146 valence electrons. The molecule has 0 unspecified atom stereocenters. The van der Waals surface area contributed by atoms with Crippen molar-refractivity contribution in [2.75, 3.05) is 5.43 Å². The summed E-state index contributed by atoms with van der Waals surface area (Å²) in [6.07, 6.45) is 7.63. The van der Waals surface area contributed by atoms with Gasteiger partial charge in [-0.2, -0.15) is 5.10 Å². The van der Waals surface area contributed by atoms with Gasteiger partial charge in [0.05, 0.1) is 11.9 Å². The molecule has 0 spiro atoms. The van der Waals surface area contributed by atoms with E-state index in [0.29, 0.717) is 0 Å². The molecule has 3 heterocycles. The molecule has 0 saturated carbocycles. The molecule has 5 aromatic rings. The molecule has 5 rings (SSSR count). The van der Waals surface area contributed by atoms with Crippen LogP contribution >= 0.6 is 11.3 Å². The second kappa shape index (κ2) is 8.31. The molecule has 3 aromatic heterocycles. The first-order chi connectivity index (χ1) is 14.8. The number of fused-ring (bicyclic) bond motifs is 1. The van der Waals surface area contributed by atoms with Crippen molar-refractivity contribution in [3.63, 3.8) is 0 Å². The van der Waals surface area contributed by atoms with E-state index in [0.717, 1.165) is 28.5 Å². The Morgan fingerprint density at radius 2 is 1.97 bits per heavy atom. The topological polar surface area (TPSA) is 55.1 Å². The molecule has 0 aliphatic carbocycles. The Kier molecular flexibility index (Phi) is 5.06. The monoisotopic (exact) mass is 409 g/mol. The van der Waals surface area contributed by atoms with E-state index in [1.165, 1.54) is 16.5 Å². The summed E-state index contributed by atoms with van der Waals surface area (Å²) in [7, 11) is 0. The van der Waals surface area contributed by atoms with Crippen LogP contribution in [0.2, 0.25) is 0 Å². The average Bonchev–Trinajstić information content (AvgIpc) is 3.43. The molecule has 0 atom stereocenters. The average molecular weight is 410 g/mol. The van der Waals surface area contributed by atoms with Crippen LogP contribution in [0.3, 0.4) is 0 Å². The van der Waals surface area contributed by atoms with Crippen LogP contribution in [0.4, 0.5) is 5.13 Å². The summed E-state index contributed by atoms with van der Waals surface area (Å²) in [5, 5.41) is 8.38. The largest absolute Gasteiger partial charge is 0.343 e. The molecule has 0 amide bonds. The fraction of sp³-hybridized carbons (Fsp3) is 0.0417. The van der Waals surface area contributed by atoms with Crippen LogP contribution in [-0.2, 0) is 6.54 Å². The summed E-state index contributed by atoms with van der Waals surface area (Å²) < 4.78 is 2.23. The second-order valence-electron chi connectivity index (χ2n) is 6.90. The molecule has 0 saturated heterocycles. The third-order valence-corrected chi connectivity index (χ3v) is 5.57. The zero-order chi connectivity index (χ0) is 20.2. The normalized spacial score (nSPS) is 11.3. The lowest BCUT2D eigenvalue weighted by molar-refractivity contribution is 0.831. The number of anilines is 1. The van der Waals surface area contributed by atoms with E-state index in [9.17, 15) is 0 Å². The van der Waals surface area contributed by atoms with Crippen molar-refractivity contribution in [2.45, 2.75) is 6.54 Å². The Morgan fingerprint density at radius 1 is 1.03 bits per heavy atom. The summed E-state index contributed by atoms with van der Waals surface area (Å²) in [4.78, 5) is 8.80. The van der Waals surface area contributed by atoms with Gasteiger partial charge in [0.25, 0.3) is 0 Å². The van der Waals surface area contributed by atoms with Crippen molar-refractivity contribution in [1.29, 1.82) is 0 Å². The number of nitrogens with zero attached hydrogens (tertiary/aromatic N) is 4. The molecule has 1 N–H and O–H groups in total. The summed E-state index contributed by atoms with van der Waals surface area (Å²) in [5.41, 5.74) is 8.47. The van der Waals surface area contributed by atoms with Gasteiger partial charge in [-0.25, -0.2) is 4.98 Å². The number of hydrogen-bond acceptors (Lipinski definition) is 5. The molecule has 30 heavy (non-hydrogen) atoms. The minimum absolute atomic E-state index is 0.770. The van der Waals surface area contributed by atoms with E-state index in [2.05, 4.69) is 73.7 Å². The number of hydrogen-bond donors (Lipinski definition) is 1. The van der Waals surface area contributed by atoms with Gasteiger partial charge in [0.15, 0.2) is 0 Å². The minimum atomic E-state index is 0.770. The zero-order valence-electron chi connectivity index (χ0n) is 16.1. The maximum absolute atomic E-state index is 4.60. The van der Waals surface area contributed by atoms with E-state index in [1.54, 1.807) is 17.5 Å². The molecule has 0 fully saturated rings. The predicted molar refractivity (Wildman–Crippen MR) is 124 cm³/mol. The lowest BCUT2D eigenvalue weighted by Crippen LogP contribution is -1.98. The Labute approximate surface area is 178 Å². The van der Waals surface area contributed by atoms with Crippen molar-refractivity contribution >= 4 is 33.6 Å². The zero-order valence-corrected chi connectivity index (χ0v) is 17.0. The Bertz CT molecular complexity index is 1290. The summed E-state index contributed by atoms with van der Waals surface area (Å²) in [6, 6.07) is 22.7. The molecule has 0 aliphatic rings. The van der Waals surface area contributed by atoms with E-state index in [4.69, 9.17) is 0 Å². The Morgan fingerprint density at radius 3 is 2.83 bits per heavy atom. The second-order valence-corrected chi connectivity index (χ2v) is 7.76. The van der Waals surface area contributed by atoms with Crippen LogP contribution < -0.4 is 5.43 Å². The van der Waals surface area contributed by atoms with Gasteiger partial charge in [-0.1, -0.05) is 48.5 Å². The molecule has 5 nitrogen and oxygen atoms in total. The van der Waals surface area contributed by atoms with Gasteiger partial charge in [-0.15, -0.1) is 11.3 Å². The molecule has 0 radical (unpaired) electrons. The van der Waals surface area contributed by atoms with Crippen LogP contribution in [-0.4, -0.2) is 20.7 Å². The third-order valence-electron chi connectivity index (χ3n) is 4.82. The molecular formula is C24H19N5S. The first-order valence-corrected chi connectivity index (χ1v) is 10.5. The van der Waals surface area contributed by atoms with Gasteiger partial charge in [-0.05, 0) is 34.7 Å². The van der Waals surface area contributed by atoms with Crippen LogP contribution in [0, 0.1) is 0 Å². The lowest BCUT2D eigenvalue weighted by Gasteiger charge is -2.06. The van der Waals surface area contributed by atoms with Crippen LogP contribution in [0.25, 0.3) is 22.2 Å². The molecule has 2 aromatic carbocycles. The van der Waals surface area contributed by atoms with E-state index in [1.807, 2.05) is 42.1 Å². The number of nitrogens with one attached hydrogen (secondary N) is 1. The summed E-state index contributed by atoms with van der Waals surface area (Å²) in [6.45, 7) is 0.789. The predicted octanol–water partition coefficient (Wildman–Crippen LogP) is 5.65.